The number of anilines is 1. The van der Waals surface area contributed by atoms with Crippen molar-refractivity contribution in [2.24, 2.45) is 0 Å². The maximum Gasteiger partial charge on any atom is 0.420 e. The van der Waals surface area contributed by atoms with E-state index in [0.29, 0.717) is 16.1 Å². The summed E-state index contributed by atoms with van der Waals surface area (Å²) < 4.78 is 96.2. The zero-order valence-electron chi connectivity index (χ0n) is 12.5. The predicted octanol–water partition coefficient (Wildman–Crippen LogP) is 2.57. The molecule has 14 heteroatoms. The van der Waals surface area contributed by atoms with Crippen molar-refractivity contribution in [2.45, 2.75) is 12.8 Å². The smallest absolute Gasteiger partial charge is 0.420 e. The largest absolute Gasteiger partial charge is 0.434 e. The van der Waals surface area contributed by atoms with Crippen molar-refractivity contribution in [3.05, 3.63) is 17.7 Å². The van der Waals surface area contributed by atoms with Crippen molar-refractivity contribution >= 4 is 40.0 Å². The zero-order chi connectivity index (χ0) is 19.2. The van der Waals surface area contributed by atoms with Gasteiger partial charge in [-0.25, -0.2) is 4.98 Å². The van der Waals surface area contributed by atoms with Gasteiger partial charge in [0.15, 0.2) is 0 Å². The van der Waals surface area contributed by atoms with Gasteiger partial charge in [0, 0.05) is 20.2 Å². The summed E-state index contributed by atoms with van der Waals surface area (Å²) in [6, 6.07) is 0.955. The molecule has 0 amide bonds. The Hall–Kier alpha value is -1.80. The monoisotopic (exact) mass is 406 g/mol. The molecule has 0 spiro atoms. The number of imidazole rings is 1. The van der Waals surface area contributed by atoms with Gasteiger partial charge in [-0.1, -0.05) is 12.8 Å². The summed E-state index contributed by atoms with van der Waals surface area (Å²) in [6.07, 6.45) is -5.07. The molecular formula is C11H11F5N4O3S2. The van der Waals surface area contributed by atoms with Crippen molar-refractivity contribution in [3.8, 4) is 5.75 Å². The highest BCUT2D eigenvalue weighted by Crippen LogP contribution is 2.40. The van der Waals surface area contributed by atoms with Gasteiger partial charge in [-0.15, -0.1) is 0 Å². The van der Waals surface area contributed by atoms with Crippen LogP contribution < -0.4 is 9.46 Å². The molecule has 1 aromatic heterocycles. The molecule has 2 aromatic rings. The van der Waals surface area contributed by atoms with Crippen LogP contribution >= 0.6 is 12.8 Å². The summed E-state index contributed by atoms with van der Waals surface area (Å²) in [5.74, 6) is -1.60. The highest BCUT2D eigenvalue weighted by molar-refractivity contribution is 7.88. The second-order valence-corrected chi connectivity index (χ2v) is 7.03. The molecule has 0 aliphatic rings. The average molecular weight is 406 g/mol. The normalized spacial score (nSPS) is 13.0. The zero-order valence-corrected chi connectivity index (χ0v) is 14.3. The van der Waals surface area contributed by atoms with E-state index in [2.05, 4.69) is 27.3 Å². The SMILES string of the molecule is CN(C)S(=O)(=O)n1c(NS)nc2cc(OC(F)F)c(C(F)(F)F)cc21. The number of nitrogens with zero attached hydrogens (tertiary/aromatic N) is 3. The number of nitrogens with one attached hydrogen (secondary N) is 1. The molecule has 0 saturated heterocycles. The van der Waals surface area contributed by atoms with Crippen LogP contribution in [0.1, 0.15) is 5.56 Å². The van der Waals surface area contributed by atoms with Gasteiger partial charge in [-0.2, -0.15) is 38.6 Å². The van der Waals surface area contributed by atoms with E-state index in [1.165, 1.54) is 0 Å². The van der Waals surface area contributed by atoms with Crippen molar-refractivity contribution in [3.63, 3.8) is 0 Å². The number of hydrogen-bond donors (Lipinski definition) is 2. The van der Waals surface area contributed by atoms with Gasteiger partial charge >= 0.3 is 23.0 Å². The van der Waals surface area contributed by atoms with Crippen molar-refractivity contribution in [2.75, 3.05) is 18.8 Å². The topological polar surface area (TPSA) is 76.5 Å². The minimum Gasteiger partial charge on any atom is -0.434 e. The van der Waals surface area contributed by atoms with Crippen LogP contribution in [0.5, 0.6) is 5.75 Å². The molecule has 0 fully saturated rings. The van der Waals surface area contributed by atoms with Gasteiger partial charge < -0.3 is 9.46 Å². The molecule has 0 bridgehead atoms. The molecule has 0 atom stereocenters. The van der Waals surface area contributed by atoms with E-state index in [9.17, 15) is 30.4 Å². The molecule has 0 aliphatic carbocycles. The van der Waals surface area contributed by atoms with Crippen LogP contribution in [0.15, 0.2) is 12.1 Å². The fourth-order valence-corrected chi connectivity index (χ4v) is 3.21. The summed E-state index contributed by atoms with van der Waals surface area (Å²) in [5, 5.41) is 0. The van der Waals surface area contributed by atoms with E-state index in [0.717, 1.165) is 18.4 Å². The lowest BCUT2D eigenvalue weighted by Crippen LogP contribution is -2.29. The standard InChI is InChI=1S/C11H11F5N4O3S2/c1-19(2)25(21,22)20-7-3-5(11(14,15)16)8(23-9(12)13)4-6(7)17-10(20)18-24/h3-4,9,24H,1-2H3,(H,17,18). The first kappa shape index (κ1) is 19.5. The van der Waals surface area contributed by atoms with Crippen LogP contribution in [0, 0.1) is 0 Å². The minimum atomic E-state index is -5.07. The third-order valence-electron chi connectivity index (χ3n) is 3.03. The maximum atomic E-state index is 13.2. The van der Waals surface area contributed by atoms with E-state index in [4.69, 9.17) is 0 Å². The molecule has 7 nitrogen and oxygen atoms in total. The Kier molecular flexibility index (Phi) is 5.07. The van der Waals surface area contributed by atoms with Crippen LogP contribution in [0.4, 0.5) is 27.9 Å². The van der Waals surface area contributed by atoms with E-state index in [1.807, 2.05) is 0 Å². The van der Waals surface area contributed by atoms with Gasteiger partial charge in [0.25, 0.3) is 0 Å². The Labute approximate surface area is 144 Å². The fraction of sp³-hybridized carbons (Fsp3) is 0.364. The summed E-state index contributed by atoms with van der Waals surface area (Å²) in [4.78, 5) is 3.75. The fourth-order valence-electron chi connectivity index (χ4n) is 1.97. The first-order valence-corrected chi connectivity index (χ1v) is 8.15. The Bertz CT molecular complexity index is 895. The molecule has 25 heavy (non-hydrogen) atoms. The van der Waals surface area contributed by atoms with Crippen LogP contribution in [0.2, 0.25) is 0 Å². The van der Waals surface area contributed by atoms with E-state index < -0.39 is 45.8 Å². The summed E-state index contributed by atoms with van der Waals surface area (Å²) in [6.45, 7) is -3.51. The number of benzene rings is 1. The Morgan fingerprint density at radius 3 is 2.36 bits per heavy atom. The highest BCUT2D eigenvalue weighted by atomic mass is 32.2. The lowest BCUT2D eigenvalue weighted by Gasteiger charge is -2.16. The molecule has 0 aliphatic heterocycles. The molecule has 140 valence electrons. The number of aromatic nitrogens is 2. The number of ether oxygens (including phenoxy) is 1. The molecular weight excluding hydrogens is 395 g/mol. The molecule has 1 aromatic carbocycles. The number of fused-ring (bicyclic) bond motifs is 1. The number of alkyl halides is 5. The van der Waals surface area contributed by atoms with E-state index in [1.54, 1.807) is 0 Å². The highest BCUT2D eigenvalue weighted by Gasteiger charge is 2.37. The molecule has 0 radical (unpaired) electrons. The van der Waals surface area contributed by atoms with Crippen molar-refractivity contribution in [1.29, 1.82) is 0 Å². The summed E-state index contributed by atoms with van der Waals surface area (Å²) in [7, 11) is -1.97. The summed E-state index contributed by atoms with van der Waals surface area (Å²) in [5.41, 5.74) is -2.37. The van der Waals surface area contributed by atoms with Gasteiger partial charge in [0.05, 0.1) is 16.6 Å². The molecule has 2 rings (SSSR count). The van der Waals surface area contributed by atoms with E-state index >= 15 is 0 Å². The lowest BCUT2D eigenvalue weighted by molar-refractivity contribution is -0.141. The van der Waals surface area contributed by atoms with Crippen molar-refractivity contribution in [1.82, 2.24) is 13.3 Å². The second kappa shape index (κ2) is 6.49. The van der Waals surface area contributed by atoms with Gasteiger partial charge in [0.1, 0.15) is 5.75 Å². The number of thiol groups is 1. The third-order valence-corrected chi connectivity index (χ3v) is 4.98. The molecule has 1 N–H and O–H groups in total. The van der Waals surface area contributed by atoms with Crippen LogP contribution in [-0.4, -0.2) is 42.4 Å². The van der Waals surface area contributed by atoms with Gasteiger partial charge in [-0.3, -0.25) is 0 Å². The quantitative estimate of drug-likeness (QED) is 0.590. The number of hydrogen-bond acceptors (Lipinski definition) is 6. The van der Waals surface area contributed by atoms with Crippen LogP contribution in [0.3, 0.4) is 0 Å². The average Bonchev–Trinajstić information content (AvgIpc) is 2.82. The molecule has 0 saturated carbocycles. The number of rotatable bonds is 5. The van der Waals surface area contributed by atoms with E-state index in [-0.39, 0.29) is 5.52 Å². The Balaban J connectivity index is 2.89. The number of halogens is 5. The minimum absolute atomic E-state index is 0.314. The first-order chi connectivity index (χ1) is 11.4. The van der Waals surface area contributed by atoms with Gasteiger partial charge in [-0.05, 0) is 6.07 Å². The molecule has 1 heterocycles. The summed E-state index contributed by atoms with van der Waals surface area (Å²) >= 11 is 3.67. The Morgan fingerprint density at radius 2 is 1.92 bits per heavy atom. The second-order valence-electron chi connectivity index (χ2n) is 4.82. The maximum absolute atomic E-state index is 13.2. The van der Waals surface area contributed by atoms with Crippen LogP contribution in [0.25, 0.3) is 11.0 Å². The van der Waals surface area contributed by atoms with Crippen LogP contribution in [-0.2, 0) is 16.4 Å². The van der Waals surface area contributed by atoms with Crippen molar-refractivity contribution < 1.29 is 35.1 Å². The lowest BCUT2D eigenvalue weighted by atomic mass is 10.1. The predicted molar refractivity (Wildman–Crippen MR) is 82.0 cm³/mol. The first-order valence-electron chi connectivity index (χ1n) is 6.31. The van der Waals surface area contributed by atoms with Gasteiger partial charge in [0.2, 0.25) is 5.95 Å². The third kappa shape index (κ3) is 3.59. The molecule has 0 unspecified atom stereocenters. The Morgan fingerprint density at radius 1 is 1.32 bits per heavy atom.